The molecule has 1 aromatic carbocycles. The van der Waals surface area contributed by atoms with Crippen molar-refractivity contribution in [2.45, 2.75) is 6.92 Å². The topological polar surface area (TPSA) is 94.2 Å². The molecule has 3 N–H and O–H groups in total. The van der Waals surface area contributed by atoms with Crippen LogP contribution in [-0.4, -0.2) is 16.4 Å². The summed E-state index contributed by atoms with van der Waals surface area (Å²) in [6, 6.07) is 4.59. The maximum absolute atomic E-state index is 12.4. The second-order valence-electron chi connectivity index (χ2n) is 4.78. The number of hydrogen-bond donors (Lipinski definition) is 2. The second-order valence-corrected chi connectivity index (χ2v) is 6.43. The number of anilines is 1. The first-order chi connectivity index (χ1) is 10.3. The highest BCUT2D eigenvalue weighted by Gasteiger charge is 2.32. The fraction of sp³-hybridized carbons (Fsp3) is 0.0714. The SMILES string of the molecule is Cc1c(Br)ccc(-n2c(N)c3c(cc2=O)C(=O)NC3=O)c1Br. The van der Waals surface area contributed by atoms with Crippen molar-refractivity contribution >= 4 is 49.5 Å². The van der Waals surface area contributed by atoms with Gasteiger partial charge in [-0.05, 0) is 40.5 Å². The van der Waals surface area contributed by atoms with E-state index >= 15 is 0 Å². The van der Waals surface area contributed by atoms with Gasteiger partial charge in [0.2, 0.25) is 0 Å². The van der Waals surface area contributed by atoms with E-state index in [4.69, 9.17) is 5.73 Å². The second kappa shape index (κ2) is 5.06. The number of fused-ring (bicyclic) bond motifs is 1. The molecule has 1 aliphatic heterocycles. The predicted molar refractivity (Wildman–Crippen MR) is 88.4 cm³/mol. The fourth-order valence-corrected chi connectivity index (χ4v) is 3.47. The van der Waals surface area contributed by atoms with Gasteiger partial charge in [0.1, 0.15) is 5.82 Å². The van der Waals surface area contributed by atoms with Gasteiger partial charge in [0.15, 0.2) is 0 Å². The van der Waals surface area contributed by atoms with Gasteiger partial charge in [0.05, 0.1) is 16.8 Å². The number of imide groups is 1. The summed E-state index contributed by atoms with van der Waals surface area (Å²) in [6.07, 6.45) is 0. The molecule has 0 spiro atoms. The van der Waals surface area contributed by atoms with Crippen LogP contribution < -0.4 is 16.6 Å². The summed E-state index contributed by atoms with van der Waals surface area (Å²) in [4.78, 5) is 35.9. The lowest BCUT2D eigenvalue weighted by molar-refractivity contribution is 0.0880. The Kier molecular flexibility index (Phi) is 3.45. The minimum Gasteiger partial charge on any atom is -0.384 e. The Bertz CT molecular complexity index is 919. The molecule has 0 radical (unpaired) electrons. The minimum atomic E-state index is -0.609. The Morgan fingerprint density at radius 3 is 2.50 bits per heavy atom. The van der Waals surface area contributed by atoms with Crippen LogP contribution in [-0.2, 0) is 0 Å². The monoisotopic (exact) mass is 425 g/mol. The first kappa shape index (κ1) is 15.0. The number of nitrogens with one attached hydrogen (secondary N) is 1. The van der Waals surface area contributed by atoms with Crippen LogP contribution in [0.1, 0.15) is 26.3 Å². The molecule has 112 valence electrons. The van der Waals surface area contributed by atoms with Crippen LogP contribution in [0.25, 0.3) is 5.69 Å². The number of carbonyl (C=O) groups is 2. The molecule has 1 aliphatic rings. The molecule has 0 fully saturated rings. The normalized spacial score (nSPS) is 13.2. The molecule has 0 atom stereocenters. The molecule has 2 amide bonds. The number of rotatable bonds is 1. The summed E-state index contributed by atoms with van der Waals surface area (Å²) < 4.78 is 2.74. The molecule has 8 heteroatoms. The first-order valence-corrected chi connectivity index (χ1v) is 7.77. The third-order valence-electron chi connectivity index (χ3n) is 3.49. The van der Waals surface area contributed by atoms with E-state index in [0.717, 1.165) is 16.1 Å². The van der Waals surface area contributed by atoms with Crippen LogP contribution in [0, 0.1) is 6.92 Å². The number of amides is 2. The standard InChI is InChI=1S/C14H9Br2N3O3/c1-5-7(15)2-3-8(11(5)16)19-9(20)4-6-10(12(19)17)14(22)18-13(6)21/h2-4H,17H2,1H3,(H,18,21,22). The summed E-state index contributed by atoms with van der Waals surface area (Å²) in [7, 11) is 0. The molecular weight excluding hydrogens is 418 g/mol. The van der Waals surface area contributed by atoms with Crippen molar-refractivity contribution in [3.05, 3.63) is 54.2 Å². The van der Waals surface area contributed by atoms with E-state index in [1.54, 1.807) is 12.1 Å². The van der Waals surface area contributed by atoms with Gasteiger partial charge < -0.3 is 5.73 Å². The van der Waals surface area contributed by atoms with Gasteiger partial charge in [-0.1, -0.05) is 15.9 Å². The van der Waals surface area contributed by atoms with Crippen molar-refractivity contribution in [2.24, 2.45) is 0 Å². The largest absolute Gasteiger partial charge is 0.384 e. The predicted octanol–water partition coefficient (Wildman–Crippen LogP) is 2.14. The van der Waals surface area contributed by atoms with Gasteiger partial charge in [0, 0.05) is 15.0 Å². The van der Waals surface area contributed by atoms with Crippen LogP contribution in [0.15, 0.2) is 31.9 Å². The molecule has 2 aromatic rings. The molecule has 0 aliphatic carbocycles. The molecule has 2 heterocycles. The van der Waals surface area contributed by atoms with Crippen LogP contribution >= 0.6 is 31.9 Å². The average molecular weight is 427 g/mol. The van der Waals surface area contributed by atoms with Crippen molar-refractivity contribution in [3.63, 3.8) is 0 Å². The van der Waals surface area contributed by atoms with Gasteiger partial charge >= 0.3 is 0 Å². The molecule has 0 saturated heterocycles. The summed E-state index contributed by atoms with van der Waals surface area (Å²) in [5.74, 6) is -1.27. The molecule has 0 bridgehead atoms. The molecular formula is C14H9Br2N3O3. The lowest BCUT2D eigenvalue weighted by atomic mass is 10.1. The summed E-state index contributed by atoms with van der Waals surface area (Å²) in [5.41, 5.74) is 6.92. The Morgan fingerprint density at radius 1 is 1.14 bits per heavy atom. The smallest absolute Gasteiger partial charge is 0.262 e. The number of pyridine rings is 1. The highest BCUT2D eigenvalue weighted by Crippen LogP contribution is 2.32. The number of nitrogens with two attached hydrogens (primary N) is 1. The van der Waals surface area contributed by atoms with E-state index in [0.29, 0.717) is 10.2 Å². The number of nitrogens with zero attached hydrogens (tertiary/aromatic N) is 1. The average Bonchev–Trinajstić information content (AvgIpc) is 2.73. The molecule has 1 aromatic heterocycles. The molecule has 0 saturated carbocycles. The number of hydrogen-bond acceptors (Lipinski definition) is 4. The number of aromatic nitrogens is 1. The van der Waals surface area contributed by atoms with E-state index in [9.17, 15) is 14.4 Å². The fourth-order valence-electron chi connectivity index (χ4n) is 2.35. The van der Waals surface area contributed by atoms with Crippen molar-refractivity contribution in [2.75, 3.05) is 5.73 Å². The molecule has 6 nitrogen and oxygen atoms in total. The maximum atomic E-state index is 12.4. The Balaban J connectivity index is 2.38. The van der Waals surface area contributed by atoms with Gasteiger partial charge in [-0.25, -0.2) is 0 Å². The number of benzene rings is 1. The highest BCUT2D eigenvalue weighted by molar-refractivity contribution is 9.11. The molecule has 3 rings (SSSR count). The number of carbonyl (C=O) groups excluding carboxylic acids is 2. The minimum absolute atomic E-state index is 0.00806. The van der Waals surface area contributed by atoms with Crippen molar-refractivity contribution in [1.29, 1.82) is 0 Å². The van der Waals surface area contributed by atoms with E-state index < -0.39 is 17.4 Å². The molecule has 22 heavy (non-hydrogen) atoms. The third kappa shape index (κ3) is 2.02. The van der Waals surface area contributed by atoms with Crippen molar-refractivity contribution < 1.29 is 9.59 Å². The van der Waals surface area contributed by atoms with Gasteiger partial charge in [-0.15, -0.1) is 0 Å². The van der Waals surface area contributed by atoms with E-state index in [1.165, 1.54) is 4.57 Å². The van der Waals surface area contributed by atoms with Crippen LogP contribution in [0.5, 0.6) is 0 Å². The highest BCUT2D eigenvalue weighted by atomic mass is 79.9. The Morgan fingerprint density at radius 2 is 1.82 bits per heavy atom. The van der Waals surface area contributed by atoms with E-state index in [1.807, 2.05) is 6.92 Å². The summed E-state index contributed by atoms with van der Waals surface area (Å²) in [5, 5.41) is 2.13. The van der Waals surface area contributed by atoms with Gasteiger partial charge in [-0.3, -0.25) is 24.3 Å². The third-order valence-corrected chi connectivity index (χ3v) is 5.35. The summed E-state index contributed by atoms with van der Waals surface area (Å²) >= 11 is 6.83. The maximum Gasteiger partial charge on any atom is 0.262 e. The Hall–Kier alpha value is -1.93. The molecule has 0 unspecified atom stereocenters. The quantitative estimate of drug-likeness (QED) is 0.683. The lowest BCUT2D eigenvalue weighted by Gasteiger charge is -2.15. The van der Waals surface area contributed by atoms with Crippen LogP contribution in [0.4, 0.5) is 5.82 Å². The van der Waals surface area contributed by atoms with Crippen LogP contribution in [0.3, 0.4) is 0 Å². The van der Waals surface area contributed by atoms with Crippen molar-refractivity contribution in [3.8, 4) is 5.69 Å². The van der Waals surface area contributed by atoms with Crippen molar-refractivity contribution in [1.82, 2.24) is 9.88 Å². The first-order valence-electron chi connectivity index (χ1n) is 6.19. The summed E-state index contributed by atoms with van der Waals surface area (Å²) in [6.45, 7) is 1.86. The zero-order chi connectivity index (χ0) is 16.2. The number of nitrogen functional groups attached to an aromatic ring is 1. The zero-order valence-electron chi connectivity index (χ0n) is 11.2. The van der Waals surface area contributed by atoms with Gasteiger partial charge in [-0.2, -0.15) is 0 Å². The van der Waals surface area contributed by atoms with E-state index in [2.05, 4.69) is 37.2 Å². The van der Waals surface area contributed by atoms with E-state index in [-0.39, 0.29) is 16.9 Å². The van der Waals surface area contributed by atoms with Gasteiger partial charge in [0.25, 0.3) is 17.4 Å². The lowest BCUT2D eigenvalue weighted by Crippen LogP contribution is -2.24. The zero-order valence-corrected chi connectivity index (χ0v) is 14.4. The van der Waals surface area contributed by atoms with Crippen LogP contribution in [0.2, 0.25) is 0 Å². The Labute approximate surface area is 141 Å². The number of halogens is 2.